The first-order valence-corrected chi connectivity index (χ1v) is 14.0. The Balaban J connectivity index is 0.000000248. The van der Waals surface area contributed by atoms with Crippen LogP contribution >= 0.6 is 0 Å². The number of methoxy groups -OCH3 is 2. The monoisotopic (exact) mass is 614 g/mol. The minimum atomic E-state index is -2.34. The summed E-state index contributed by atoms with van der Waals surface area (Å²) in [6, 6.07) is 18.2. The van der Waals surface area contributed by atoms with Crippen LogP contribution in [-0.4, -0.2) is 53.8 Å². The van der Waals surface area contributed by atoms with Gasteiger partial charge in [-0.1, -0.05) is 65.2 Å². The first kappa shape index (κ1) is 34.3. The molecule has 0 bridgehead atoms. The number of rotatable bonds is 7. The summed E-state index contributed by atoms with van der Waals surface area (Å²) in [6.07, 6.45) is 1.27. The first-order valence-electron chi connectivity index (χ1n) is 14.0. The molecule has 45 heavy (non-hydrogen) atoms. The summed E-state index contributed by atoms with van der Waals surface area (Å²) in [7, 11) is 2.39. The zero-order valence-corrected chi connectivity index (χ0v) is 26.6. The number of aliphatic hydroxyl groups is 2. The van der Waals surface area contributed by atoms with E-state index < -0.39 is 29.3 Å². The Bertz CT molecular complexity index is 1700. The van der Waals surface area contributed by atoms with Crippen LogP contribution in [0.4, 0.5) is 11.4 Å². The van der Waals surface area contributed by atoms with E-state index in [1.54, 1.807) is 31.2 Å². The van der Waals surface area contributed by atoms with E-state index in [2.05, 4.69) is 10.1 Å². The van der Waals surface area contributed by atoms with Gasteiger partial charge in [0.15, 0.2) is 11.5 Å². The molecule has 10 heteroatoms. The molecule has 4 rings (SSSR count). The molecule has 0 aromatic heterocycles. The van der Waals surface area contributed by atoms with E-state index in [9.17, 15) is 29.4 Å². The van der Waals surface area contributed by atoms with Crippen molar-refractivity contribution in [2.75, 3.05) is 24.4 Å². The van der Waals surface area contributed by atoms with Crippen LogP contribution in [0, 0.1) is 34.6 Å². The molecule has 1 amide bonds. The lowest BCUT2D eigenvalue weighted by molar-refractivity contribution is -0.158. The van der Waals surface area contributed by atoms with Crippen LogP contribution in [0.25, 0.3) is 0 Å². The number of carbonyl (C=O) groups is 4. The number of aliphatic hydroxyl groups excluding tert-OH is 1. The van der Waals surface area contributed by atoms with E-state index in [1.165, 1.54) is 20.1 Å². The van der Waals surface area contributed by atoms with Gasteiger partial charge in [-0.25, -0.2) is 9.59 Å². The number of hydrogen-bond acceptors (Lipinski definition) is 9. The minimum Gasteiger partial charge on any atom is -0.503 e. The molecule has 236 valence electrons. The highest BCUT2D eigenvalue weighted by molar-refractivity contribution is 6.15. The van der Waals surface area contributed by atoms with Gasteiger partial charge in [-0.15, -0.1) is 0 Å². The quantitative estimate of drug-likeness (QED) is 0.183. The summed E-state index contributed by atoms with van der Waals surface area (Å²) >= 11 is 0. The topological polar surface area (TPSA) is 142 Å². The lowest BCUT2D eigenvalue weighted by atomic mass is 10.0. The molecule has 0 radical (unpaired) electrons. The molecule has 1 heterocycles. The standard InChI is InChI=1S/C20H21NO3.C15H17NO5/c1-13-5-8-16(9-6-13)19(22)12-18(20(23)24-4)21-17-10-7-14(2)11-15(17)3;1-8-5-6-11(9(2)7-8)16-13(18)12(17)10(3)15(16,20)14(19)21-4/h5-12,21H,1-4H3;5-7,17,20H,1-4H3/b18-12-;. The van der Waals surface area contributed by atoms with Gasteiger partial charge in [0.1, 0.15) is 5.70 Å². The normalized spacial score (nSPS) is 16.2. The number of carbonyl (C=O) groups excluding carboxylic acids is 4. The number of benzene rings is 3. The number of ether oxygens (including phenoxy) is 2. The van der Waals surface area contributed by atoms with Gasteiger partial charge < -0.3 is 25.0 Å². The zero-order valence-electron chi connectivity index (χ0n) is 26.6. The summed E-state index contributed by atoms with van der Waals surface area (Å²) in [5.41, 5.74) is 4.05. The number of ketones is 1. The first-order chi connectivity index (χ1) is 21.1. The number of hydrogen-bond donors (Lipinski definition) is 3. The summed E-state index contributed by atoms with van der Waals surface area (Å²) in [5, 5.41) is 23.5. The summed E-state index contributed by atoms with van der Waals surface area (Å²) < 4.78 is 9.37. The van der Waals surface area contributed by atoms with Crippen LogP contribution in [0.3, 0.4) is 0 Å². The van der Waals surface area contributed by atoms with Gasteiger partial charge in [0, 0.05) is 22.9 Å². The van der Waals surface area contributed by atoms with E-state index >= 15 is 0 Å². The Labute approximate surface area is 262 Å². The molecule has 10 nitrogen and oxygen atoms in total. The number of nitrogens with one attached hydrogen (secondary N) is 1. The highest BCUT2D eigenvalue weighted by Crippen LogP contribution is 2.39. The number of esters is 2. The Morgan fingerprint density at radius 1 is 0.800 bits per heavy atom. The van der Waals surface area contributed by atoms with Gasteiger partial charge in [-0.3, -0.25) is 14.5 Å². The maximum absolute atomic E-state index is 12.4. The van der Waals surface area contributed by atoms with Gasteiger partial charge in [-0.2, -0.15) is 0 Å². The molecule has 1 aliphatic rings. The van der Waals surface area contributed by atoms with E-state index in [-0.39, 0.29) is 17.1 Å². The van der Waals surface area contributed by atoms with Crippen LogP contribution in [0.2, 0.25) is 0 Å². The molecule has 3 N–H and O–H groups in total. The van der Waals surface area contributed by atoms with Crippen molar-refractivity contribution in [2.45, 2.75) is 47.3 Å². The predicted octanol–water partition coefficient (Wildman–Crippen LogP) is 5.31. The fourth-order valence-electron chi connectivity index (χ4n) is 4.76. The van der Waals surface area contributed by atoms with E-state index in [0.717, 1.165) is 40.0 Å². The Morgan fingerprint density at radius 3 is 1.89 bits per heavy atom. The Morgan fingerprint density at radius 2 is 1.36 bits per heavy atom. The van der Waals surface area contributed by atoms with Gasteiger partial charge in [0.05, 0.1) is 19.9 Å². The minimum absolute atomic E-state index is 0.107. The average Bonchev–Trinajstić information content (AvgIpc) is 3.18. The molecule has 3 aromatic rings. The van der Waals surface area contributed by atoms with Crippen LogP contribution in [0.15, 0.2) is 83.8 Å². The second-order valence-electron chi connectivity index (χ2n) is 10.8. The van der Waals surface area contributed by atoms with Crippen molar-refractivity contribution in [2.24, 2.45) is 0 Å². The van der Waals surface area contributed by atoms with Crippen molar-refractivity contribution in [1.82, 2.24) is 0 Å². The Kier molecular flexibility index (Phi) is 10.7. The fourth-order valence-corrected chi connectivity index (χ4v) is 4.76. The Hall–Kier alpha value is -5.22. The number of anilines is 2. The SMILES string of the molecule is COC(=O)/C(=C/C(=O)c1ccc(C)cc1)Nc1ccc(C)cc1C.COC(=O)C1(O)C(C)=C(O)C(=O)N1c1ccc(C)cc1C. The highest BCUT2D eigenvalue weighted by Gasteiger charge is 2.56. The molecule has 1 aliphatic heterocycles. The average molecular weight is 615 g/mol. The lowest BCUT2D eigenvalue weighted by Crippen LogP contribution is -2.55. The largest absolute Gasteiger partial charge is 0.503 e. The molecular formula is C35H38N2O8. The van der Waals surface area contributed by atoms with Crippen LogP contribution in [-0.2, 0) is 23.9 Å². The third-order valence-corrected chi connectivity index (χ3v) is 7.34. The van der Waals surface area contributed by atoms with Gasteiger partial charge in [-0.05, 0) is 64.8 Å². The van der Waals surface area contributed by atoms with Gasteiger partial charge >= 0.3 is 11.9 Å². The lowest BCUT2D eigenvalue weighted by Gasteiger charge is -2.32. The highest BCUT2D eigenvalue weighted by atomic mass is 16.5. The van der Waals surface area contributed by atoms with E-state index in [0.29, 0.717) is 16.8 Å². The molecule has 0 spiro atoms. The van der Waals surface area contributed by atoms with Crippen molar-refractivity contribution >= 4 is 35.0 Å². The fraction of sp³-hybridized carbons (Fsp3) is 0.257. The number of nitrogens with zero attached hydrogens (tertiary/aromatic N) is 1. The second kappa shape index (κ2) is 14.0. The summed E-state index contributed by atoms with van der Waals surface area (Å²) in [4.78, 5) is 49.5. The molecule has 3 aromatic carbocycles. The maximum Gasteiger partial charge on any atom is 0.364 e. The van der Waals surface area contributed by atoms with Crippen LogP contribution in [0.1, 0.15) is 45.1 Å². The third kappa shape index (κ3) is 7.30. The predicted molar refractivity (Wildman–Crippen MR) is 171 cm³/mol. The number of allylic oxidation sites excluding steroid dienone is 1. The van der Waals surface area contributed by atoms with Crippen LogP contribution < -0.4 is 10.2 Å². The smallest absolute Gasteiger partial charge is 0.364 e. The van der Waals surface area contributed by atoms with E-state index in [4.69, 9.17) is 4.74 Å². The molecule has 1 atom stereocenters. The molecule has 1 unspecified atom stereocenters. The molecule has 0 saturated heterocycles. The number of aryl methyl sites for hydroxylation is 5. The summed E-state index contributed by atoms with van der Waals surface area (Å²) in [5.74, 6) is -3.37. The van der Waals surface area contributed by atoms with Crippen molar-refractivity contribution < 1.29 is 38.9 Å². The molecular weight excluding hydrogens is 576 g/mol. The van der Waals surface area contributed by atoms with E-state index in [1.807, 2.05) is 64.1 Å². The second-order valence-corrected chi connectivity index (χ2v) is 10.8. The van der Waals surface area contributed by atoms with Crippen molar-refractivity contribution in [3.8, 4) is 0 Å². The third-order valence-electron chi connectivity index (χ3n) is 7.34. The van der Waals surface area contributed by atoms with Crippen molar-refractivity contribution in [1.29, 1.82) is 0 Å². The van der Waals surface area contributed by atoms with Crippen molar-refractivity contribution in [3.05, 3.63) is 117 Å². The number of amides is 1. The zero-order chi connectivity index (χ0) is 33.6. The van der Waals surface area contributed by atoms with Gasteiger partial charge in [0.25, 0.3) is 11.6 Å². The molecule has 0 fully saturated rings. The van der Waals surface area contributed by atoms with Crippen molar-refractivity contribution in [3.63, 3.8) is 0 Å². The van der Waals surface area contributed by atoms with Gasteiger partial charge in [0.2, 0.25) is 0 Å². The molecule has 0 aliphatic carbocycles. The van der Waals surface area contributed by atoms with Crippen LogP contribution in [0.5, 0.6) is 0 Å². The maximum atomic E-state index is 12.4. The summed E-state index contributed by atoms with van der Waals surface area (Å²) in [6.45, 7) is 10.8. The molecule has 0 saturated carbocycles.